The first-order valence-corrected chi connectivity index (χ1v) is 17.9. The fourth-order valence-corrected chi connectivity index (χ4v) is 7.97. The highest BCUT2D eigenvalue weighted by molar-refractivity contribution is 7.09. The molecule has 1 aromatic carbocycles. The highest BCUT2D eigenvalue weighted by Crippen LogP contribution is 2.30. The van der Waals surface area contributed by atoms with Crippen molar-refractivity contribution in [2.75, 3.05) is 19.6 Å². The number of amides is 3. The lowest BCUT2D eigenvalue weighted by molar-refractivity contribution is -0.145. The Kier molecular flexibility index (Phi) is 10.8. The third kappa shape index (κ3) is 7.86. The molecule has 1 saturated heterocycles. The van der Waals surface area contributed by atoms with Gasteiger partial charge in [-0.25, -0.2) is 14.8 Å². The van der Waals surface area contributed by atoms with E-state index in [1.807, 2.05) is 36.6 Å². The van der Waals surface area contributed by atoms with Crippen molar-refractivity contribution in [1.29, 1.82) is 0 Å². The molecule has 46 heavy (non-hydrogen) atoms. The molecule has 6 rings (SSSR count). The standard InChI is InChI=1S/C35H46N6O4S/c1-24-28-15-8-16-31(32(28)38-23-37-24)45-35(44)40-17-18-41(30(22-40)33(42)36-21-27-14-9-19-46-27)34(43)29(20-25-10-4-2-5-11-25)39-26-12-6-3-7-13-26/h8-9,14-16,19,23,25-26,29-30,39H,2-7,10-13,17-18,20-22H2,1H3,(H,36,42)/t29-,30+/m1/s1. The van der Waals surface area contributed by atoms with E-state index in [2.05, 4.69) is 20.6 Å². The molecule has 3 heterocycles. The van der Waals surface area contributed by atoms with E-state index in [0.29, 0.717) is 29.8 Å². The molecule has 3 fully saturated rings. The van der Waals surface area contributed by atoms with Crippen LogP contribution >= 0.6 is 11.3 Å². The Labute approximate surface area is 275 Å². The first kappa shape index (κ1) is 32.4. The van der Waals surface area contributed by atoms with Crippen LogP contribution in [0.2, 0.25) is 0 Å². The van der Waals surface area contributed by atoms with Gasteiger partial charge in [-0.15, -0.1) is 11.3 Å². The Morgan fingerprint density at radius 1 is 0.978 bits per heavy atom. The van der Waals surface area contributed by atoms with Crippen LogP contribution in [-0.2, 0) is 16.1 Å². The number of aryl methyl sites for hydroxylation is 1. The number of benzene rings is 1. The minimum Gasteiger partial charge on any atom is -0.408 e. The van der Waals surface area contributed by atoms with Gasteiger partial charge < -0.3 is 25.2 Å². The van der Waals surface area contributed by atoms with Crippen molar-refractivity contribution in [3.63, 3.8) is 0 Å². The normalized spacial score (nSPS) is 20.4. The van der Waals surface area contributed by atoms with Crippen molar-refractivity contribution in [2.45, 2.75) is 102 Å². The number of hydrogen-bond acceptors (Lipinski definition) is 8. The summed E-state index contributed by atoms with van der Waals surface area (Å²) in [4.78, 5) is 54.8. The molecule has 0 bridgehead atoms. The van der Waals surface area contributed by atoms with Crippen LogP contribution in [0.3, 0.4) is 0 Å². The van der Waals surface area contributed by atoms with Gasteiger partial charge in [0.2, 0.25) is 11.8 Å². The van der Waals surface area contributed by atoms with Crippen molar-refractivity contribution in [2.24, 2.45) is 5.92 Å². The molecule has 3 aromatic rings. The van der Waals surface area contributed by atoms with Crippen molar-refractivity contribution in [3.8, 4) is 5.75 Å². The zero-order valence-electron chi connectivity index (χ0n) is 26.8. The number of rotatable bonds is 9. The maximum atomic E-state index is 14.5. The second-order valence-electron chi connectivity index (χ2n) is 13.1. The number of thiophene rings is 1. The van der Waals surface area contributed by atoms with Crippen LogP contribution in [0, 0.1) is 12.8 Å². The van der Waals surface area contributed by atoms with Crippen LogP contribution in [0.15, 0.2) is 42.0 Å². The van der Waals surface area contributed by atoms with Gasteiger partial charge in [-0.1, -0.05) is 69.6 Å². The van der Waals surface area contributed by atoms with Gasteiger partial charge in [0.15, 0.2) is 5.75 Å². The molecule has 2 aliphatic carbocycles. The maximum absolute atomic E-state index is 14.5. The summed E-state index contributed by atoms with van der Waals surface area (Å²) >= 11 is 1.57. The van der Waals surface area contributed by atoms with E-state index in [0.717, 1.165) is 48.1 Å². The Hall–Kier alpha value is -3.57. The number of piperazine rings is 1. The summed E-state index contributed by atoms with van der Waals surface area (Å²) in [6.07, 6.45) is 13.5. The largest absolute Gasteiger partial charge is 0.415 e. The number of ether oxygens (including phenoxy) is 1. The Balaban J connectivity index is 1.21. The predicted octanol–water partition coefficient (Wildman–Crippen LogP) is 5.59. The summed E-state index contributed by atoms with van der Waals surface area (Å²) in [6.45, 7) is 2.85. The topological polar surface area (TPSA) is 117 Å². The van der Waals surface area contributed by atoms with Crippen molar-refractivity contribution in [3.05, 3.63) is 52.6 Å². The number of nitrogens with one attached hydrogen (secondary N) is 2. The lowest BCUT2D eigenvalue weighted by Gasteiger charge is -2.42. The molecule has 3 aliphatic rings. The number of carbonyl (C=O) groups excluding carboxylic acids is 3. The molecule has 10 nitrogen and oxygen atoms in total. The van der Waals surface area contributed by atoms with Crippen molar-refractivity contribution >= 4 is 40.1 Å². The van der Waals surface area contributed by atoms with E-state index in [-0.39, 0.29) is 37.5 Å². The summed E-state index contributed by atoms with van der Waals surface area (Å²) in [5.41, 5.74) is 1.35. The molecule has 246 valence electrons. The Bertz CT molecular complexity index is 1470. The van der Waals surface area contributed by atoms with Crippen LogP contribution in [0.4, 0.5) is 4.79 Å². The number of fused-ring (bicyclic) bond motifs is 1. The molecule has 11 heteroatoms. The molecular formula is C35H46N6O4S. The molecule has 0 unspecified atom stereocenters. The summed E-state index contributed by atoms with van der Waals surface area (Å²) in [7, 11) is 0. The van der Waals surface area contributed by atoms with Gasteiger partial charge in [0.25, 0.3) is 0 Å². The molecular weight excluding hydrogens is 600 g/mol. The van der Waals surface area contributed by atoms with Crippen LogP contribution in [0.5, 0.6) is 5.75 Å². The quantitative estimate of drug-likeness (QED) is 0.311. The van der Waals surface area contributed by atoms with Gasteiger partial charge in [-0.2, -0.15) is 0 Å². The van der Waals surface area contributed by atoms with Crippen LogP contribution in [0.1, 0.15) is 81.2 Å². The highest BCUT2D eigenvalue weighted by atomic mass is 32.1. The van der Waals surface area contributed by atoms with E-state index >= 15 is 0 Å². The zero-order valence-corrected chi connectivity index (χ0v) is 27.6. The number of hydrogen-bond donors (Lipinski definition) is 2. The Morgan fingerprint density at radius 2 is 1.76 bits per heavy atom. The first-order chi connectivity index (χ1) is 22.5. The molecule has 2 aromatic heterocycles. The number of nitrogens with zero attached hydrogens (tertiary/aromatic N) is 4. The lowest BCUT2D eigenvalue weighted by Crippen LogP contribution is -2.64. The van der Waals surface area contributed by atoms with Gasteiger partial charge in [0, 0.05) is 35.1 Å². The molecule has 2 N–H and O–H groups in total. The van der Waals surface area contributed by atoms with Crippen LogP contribution in [-0.4, -0.2) is 75.4 Å². The summed E-state index contributed by atoms with van der Waals surface area (Å²) in [5.74, 6) is 0.562. The highest BCUT2D eigenvalue weighted by Gasteiger charge is 2.41. The summed E-state index contributed by atoms with van der Waals surface area (Å²) in [5, 5.41) is 9.59. The number of para-hydroxylation sites is 1. The average molecular weight is 647 g/mol. The van der Waals surface area contributed by atoms with E-state index in [1.54, 1.807) is 22.3 Å². The van der Waals surface area contributed by atoms with Gasteiger partial charge in [0.1, 0.15) is 17.9 Å². The fourth-order valence-electron chi connectivity index (χ4n) is 7.32. The summed E-state index contributed by atoms with van der Waals surface area (Å²) < 4.78 is 5.86. The molecule has 0 radical (unpaired) electrons. The van der Waals surface area contributed by atoms with Crippen LogP contribution < -0.4 is 15.4 Å². The fraction of sp³-hybridized carbons (Fsp3) is 0.571. The van der Waals surface area contributed by atoms with Crippen molar-refractivity contribution < 1.29 is 19.1 Å². The molecule has 1 aliphatic heterocycles. The second kappa shape index (κ2) is 15.3. The first-order valence-electron chi connectivity index (χ1n) is 17.0. The smallest absolute Gasteiger partial charge is 0.408 e. The molecule has 2 atom stereocenters. The van der Waals surface area contributed by atoms with Crippen LogP contribution in [0.25, 0.3) is 10.9 Å². The third-order valence-electron chi connectivity index (χ3n) is 9.90. The average Bonchev–Trinajstić information content (AvgIpc) is 3.62. The van der Waals surface area contributed by atoms with E-state index in [4.69, 9.17) is 4.74 Å². The van der Waals surface area contributed by atoms with Crippen molar-refractivity contribution in [1.82, 2.24) is 30.4 Å². The minimum absolute atomic E-state index is 0.0262. The van der Waals surface area contributed by atoms with Gasteiger partial charge >= 0.3 is 6.09 Å². The molecule has 3 amide bonds. The lowest BCUT2D eigenvalue weighted by atomic mass is 9.83. The monoisotopic (exact) mass is 646 g/mol. The SMILES string of the molecule is Cc1ncnc2c(OC(=O)N3CCN(C(=O)[C@@H](CC4CCCCC4)NC4CCCCC4)[C@H](C(=O)NCc4cccs4)C3)cccc12. The molecule has 2 saturated carbocycles. The third-order valence-corrected chi connectivity index (χ3v) is 10.8. The zero-order chi connectivity index (χ0) is 31.9. The van der Waals surface area contributed by atoms with Gasteiger partial charge in [-0.3, -0.25) is 9.59 Å². The number of carbonyl (C=O) groups is 3. The van der Waals surface area contributed by atoms with Gasteiger partial charge in [0.05, 0.1) is 19.1 Å². The van der Waals surface area contributed by atoms with Gasteiger partial charge in [-0.05, 0) is 49.6 Å². The maximum Gasteiger partial charge on any atom is 0.415 e. The van der Waals surface area contributed by atoms with E-state index < -0.39 is 12.1 Å². The number of aromatic nitrogens is 2. The van der Waals surface area contributed by atoms with E-state index in [9.17, 15) is 14.4 Å². The van der Waals surface area contributed by atoms with E-state index in [1.165, 1.54) is 49.8 Å². The predicted molar refractivity (Wildman–Crippen MR) is 179 cm³/mol. The second-order valence-corrected chi connectivity index (χ2v) is 14.1. The molecule has 0 spiro atoms. The summed E-state index contributed by atoms with van der Waals surface area (Å²) in [6, 6.07) is 8.50. The Morgan fingerprint density at radius 3 is 2.52 bits per heavy atom. The minimum atomic E-state index is -0.826.